The molecule has 0 aromatic carbocycles. The smallest absolute Gasteiger partial charge is 0.320 e. The zero-order valence-corrected chi connectivity index (χ0v) is 8.07. The molecule has 0 aliphatic carbocycles. The lowest BCUT2D eigenvalue weighted by Gasteiger charge is -2.04. The van der Waals surface area contributed by atoms with Gasteiger partial charge in [-0.25, -0.2) is 0 Å². The Morgan fingerprint density at radius 3 is 2.64 bits per heavy atom. The molecule has 0 spiro atoms. The van der Waals surface area contributed by atoms with Crippen molar-refractivity contribution in [3.05, 3.63) is 24.0 Å². The second-order valence-electron chi connectivity index (χ2n) is 2.66. The van der Waals surface area contributed by atoms with Crippen molar-refractivity contribution in [3.8, 4) is 5.75 Å². The first-order valence-electron chi connectivity index (χ1n) is 3.72. The van der Waals surface area contributed by atoms with Gasteiger partial charge in [-0.05, 0) is 12.1 Å². The van der Waals surface area contributed by atoms with Crippen molar-refractivity contribution in [2.24, 2.45) is 5.73 Å². The van der Waals surface area contributed by atoms with Crippen LogP contribution < -0.4 is 5.73 Å². The normalized spacial score (nSPS) is 11.5. The van der Waals surface area contributed by atoms with Gasteiger partial charge in [-0.1, -0.05) is 0 Å². The highest BCUT2D eigenvalue weighted by atomic mass is 35.5. The van der Waals surface area contributed by atoms with Crippen LogP contribution in [0.1, 0.15) is 5.69 Å². The first kappa shape index (κ1) is 12.7. The molecule has 1 heterocycles. The predicted molar refractivity (Wildman–Crippen MR) is 52.5 cm³/mol. The highest BCUT2D eigenvalue weighted by Crippen LogP contribution is 2.06. The molecule has 0 aliphatic heterocycles. The largest absolute Gasteiger partial charge is 0.506 e. The third kappa shape index (κ3) is 3.59. The van der Waals surface area contributed by atoms with Gasteiger partial charge in [0, 0.05) is 12.1 Å². The number of hydrogen-bond acceptors (Lipinski definition) is 4. The molecule has 1 aromatic rings. The van der Waals surface area contributed by atoms with Crippen molar-refractivity contribution in [2.75, 3.05) is 0 Å². The van der Waals surface area contributed by atoms with Gasteiger partial charge in [0.2, 0.25) is 0 Å². The number of carboxylic acid groups (broad SMARTS) is 1. The number of pyridine rings is 1. The molecule has 78 valence electrons. The van der Waals surface area contributed by atoms with Crippen molar-refractivity contribution < 1.29 is 15.0 Å². The highest BCUT2D eigenvalue weighted by molar-refractivity contribution is 5.85. The van der Waals surface area contributed by atoms with Gasteiger partial charge < -0.3 is 15.9 Å². The van der Waals surface area contributed by atoms with Crippen LogP contribution in [0, 0.1) is 0 Å². The van der Waals surface area contributed by atoms with Crippen LogP contribution in [-0.4, -0.2) is 27.2 Å². The summed E-state index contributed by atoms with van der Waals surface area (Å²) in [6.07, 6.45) is 1.42. The van der Waals surface area contributed by atoms with Crippen molar-refractivity contribution in [1.29, 1.82) is 0 Å². The van der Waals surface area contributed by atoms with Crippen LogP contribution in [0.2, 0.25) is 0 Å². The number of carboxylic acids is 1. The average molecular weight is 219 g/mol. The molecule has 1 rings (SSSR count). The quantitative estimate of drug-likeness (QED) is 0.672. The van der Waals surface area contributed by atoms with E-state index in [2.05, 4.69) is 4.98 Å². The third-order valence-electron chi connectivity index (χ3n) is 1.56. The summed E-state index contributed by atoms with van der Waals surface area (Å²) >= 11 is 0. The average Bonchev–Trinajstić information content (AvgIpc) is 2.08. The van der Waals surface area contributed by atoms with Crippen molar-refractivity contribution in [3.63, 3.8) is 0 Å². The van der Waals surface area contributed by atoms with Gasteiger partial charge in [-0.15, -0.1) is 12.4 Å². The maximum absolute atomic E-state index is 10.4. The van der Waals surface area contributed by atoms with Crippen molar-refractivity contribution in [1.82, 2.24) is 4.98 Å². The molecule has 14 heavy (non-hydrogen) atoms. The van der Waals surface area contributed by atoms with E-state index in [1.165, 1.54) is 18.3 Å². The maximum Gasteiger partial charge on any atom is 0.320 e. The van der Waals surface area contributed by atoms with Crippen molar-refractivity contribution >= 4 is 18.4 Å². The van der Waals surface area contributed by atoms with Crippen LogP contribution in [0.4, 0.5) is 0 Å². The van der Waals surface area contributed by atoms with Gasteiger partial charge in [-0.3, -0.25) is 9.78 Å². The number of carbonyl (C=O) groups is 1. The van der Waals surface area contributed by atoms with E-state index in [-0.39, 0.29) is 24.6 Å². The number of rotatable bonds is 3. The Balaban J connectivity index is 0.00000169. The topological polar surface area (TPSA) is 96.4 Å². The number of nitrogens with zero attached hydrogens (tertiary/aromatic N) is 1. The summed E-state index contributed by atoms with van der Waals surface area (Å²) in [4.78, 5) is 14.2. The molecular formula is C8H11ClN2O3. The molecule has 6 heteroatoms. The van der Waals surface area contributed by atoms with E-state index in [1.54, 1.807) is 0 Å². The molecule has 0 amide bonds. The molecular weight excluding hydrogens is 208 g/mol. The molecule has 0 saturated carbocycles. The zero-order chi connectivity index (χ0) is 9.84. The van der Waals surface area contributed by atoms with Gasteiger partial charge in [0.05, 0.1) is 6.20 Å². The Morgan fingerprint density at radius 1 is 1.57 bits per heavy atom. The molecule has 4 N–H and O–H groups in total. The standard InChI is InChI=1S/C8H10N2O3.ClH/c9-7(8(12)13)3-5-1-2-6(11)4-10-5;/h1-2,4,7,11H,3,9H2,(H,12,13);1H. The SMILES string of the molecule is Cl.NC(Cc1ccc(O)cn1)C(=O)O. The highest BCUT2D eigenvalue weighted by Gasteiger charge is 2.12. The second-order valence-corrected chi connectivity index (χ2v) is 2.66. The molecule has 1 unspecified atom stereocenters. The Hall–Kier alpha value is -1.33. The molecule has 1 atom stereocenters. The fraction of sp³-hybridized carbons (Fsp3) is 0.250. The Morgan fingerprint density at radius 2 is 2.21 bits per heavy atom. The summed E-state index contributed by atoms with van der Waals surface area (Å²) in [5.41, 5.74) is 5.83. The lowest BCUT2D eigenvalue weighted by Crippen LogP contribution is -2.32. The summed E-state index contributed by atoms with van der Waals surface area (Å²) in [6.45, 7) is 0. The maximum atomic E-state index is 10.4. The molecule has 0 radical (unpaired) electrons. The van der Waals surface area contributed by atoms with Gasteiger partial charge in [0.1, 0.15) is 11.8 Å². The van der Waals surface area contributed by atoms with Crippen LogP contribution >= 0.6 is 12.4 Å². The minimum Gasteiger partial charge on any atom is -0.506 e. The number of nitrogens with two attached hydrogens (primary N) is 1. The van der Waals surface area contributed by atoms with E-state index in [1.807, 2.05) is 0 Å². The van der Waals surface area contributed by atoms with Crippen LogP contribution in [0.15, 0.2) is 18.3 Å². The summed E-state index contributed by atoms with van der Waals surface area (Å²) in [5, 5.41) is 17.4. The fourth-order valence-electron chi connectivity index (χ4n) is 0.850. The van der Waals surface area contributed by atoms with Gasteiger partial charge >= 0.3 is 5.97 Å². The number of aromatic hydroxyl groups is 1. The number of hydrogen-bond donors (Lipinski definition) is 3. The van der Waals surface area contributed by atoms with Gasteiger partial charge in [0.25, 0.3) is 0 Å². The zero-order valence-electron chi connectivity index (χ0n) is 7.25. The summed E-state index contributed by atoms with van der Waals surface area (Å²) < 4.78 is 0. The minimum atomic E-state index is -1.06. The molecule has 0 bridgehead atoms. The molecule has 0 aliphatic rings. The van der Waals surface area contributed by atoms with Crippen LogP contribution in [0.25, 0.3) is 0 Å². The Kier molecular flexibility index (Phi) is 4.90. The van der Waals surface area contributed by atoms with E-state index in [9.17, 15) is 4.79 Å². The lowest BCUT2D eigenvalue weighted by atomic mass is 10.1. The van der Waals surface area contributed by atoms with Crippen LogP contribution in [-0.2, 0) is 11.2 Å². The van der Waals surface area contributed by atoms with E-state index >= 15 is 0 Å². The molecule has 5 nitrogen and oxygen atoms in total. The minimum absolute atomic E-state index is 0. The van der Waals surface area contributed by atoms with Crippen LogP contribution in [0.3, 0.4) is 0 Å². The number of aromatic nitrogens is 1. The van der Waals surface area contributed by atoms with Gasteiger partial charge in [-0.2, -0.15) is 0 Å². The van der Waals surface area contributed by atoms with E-state index in [4.69, 9.17) is 15.9 Å². The second kappa shape index (κ2) is 5.41. The summed E-state index contributed by atoms with van der Waals surface area (Å²) in [7, 11) is 0. The number of aliphatic carboxylic acids is 1. The molecule has 1 aromatic heterocycles. The summed E-state index contributed by atoms with van der Waals surface area (Å²) in [6, 6.07) is 2.03. The number of halogens is 1. The van der Waals surface area contributed by atoms with E-state index in [0.717, 1.165) is 0 Å². The molecule has 0 saturated heterocycles. The Labute approximate surface area is 87.0 Å². The first-order valence-corrected chi connectivity index (χ1v) is 3.72. The summed E-state index contributed by atoms with van der Waals surface area (Å²) in [5.74, 6) is -1.01. The van der Waals surface area contributed by atoms with Crippen molar-refractivity contribution in [2.45, 2.75) is 12.5 Å². The first-order chi connectivity index (χ1) is 6.09. The third-order valence-corrected chi connectivity index (χ3v) is 1.56. The fourth-order valence-corrected chi connectivity index (χ4v) is 0.850. The Bertz CT molecular complexity index is 302. The van der Waals surface area contributed by atoms with Gasteiger partial charge in [0.15, 0.2) is 0 Å². The monoisotopic (exact) mass is 218 g/mol. The van der Waals surface area contributed by atoms with E-state index in [0.29, 0.717) is 5.69 Å². The lowest BCUT2D eigenvalue weighted by molar-refractivity contribution is -0.138. The predicted octanol–water partition coefficient (Wildman–Crippen LogP) is 0.163. The van der Waals surface area contributed by atoms with Crippen LogP contribution in [0.5, 0.6) is 5.75 Å². The van der Waals surface area contributed by atoms with E-state index < -0.39 is 12.0 Å². The molecule has 0 fully saturated rings.